The number of carbonyl (C=O) groups is 1. The van der Waals surface area contributed by atoms with Gasteiger partial charge in [0.05, 0.1) is 12.7 Å². The van der Waals surface area contributed by atoms with Crippen LogP contribution in [0.5, 0.6) is 5.75 Å². The predicted molar refractivity (Wildman–Crippen MR) is 71.7 cm³/mol. The standard InChI is InChI=1S/C15H20O4/c1-10(2)18-8-11(16)9-19-15-5-3-4-12-13(15)6-7-14(12)17/h3-5,10-11,16H,6-9H2,1-2H3. The van der Waals surface area contributed by atoms with Crippen molar-refractivity contribution in [2.24, 2.45) is 0 Å². The van der Waals surface area contributed by atoms with Crippen LogP contribution in [0.2, 0.25) is 0 Å². The summed E-state index contributed by atoms with van der Waals surface area (Å²) in [6, 6.07) is 5.48. The van der Waals surface area contributed by atoms with Gasteiger partial charge in [0.25, 0.3) is 0 Å². The lowest BCUT2D eigenvalue weighted by atomic mass is 10.1. The molecule has 0 aromatic heterocycles. The molecule has 0 bridgehead atoms. The van der Waals surface area contributed by atoms with Crippen molar-refractivity contribution >= 4 is 5.78 Å². The zero-order chi connectivity index (χ0) is 13.8. The fraction of sp³-hybridized carbons (Fsp3) is 0.533. The van der Waals surface area contributed by atoms with Gasteiger partial charge >= 0.3 is 0 Å². The largest absolute Gasteiger partial charge is 0.490 e. The van der Waals surface area contributed by atoms with E-state index in [-0.39, 0.29) is 25.1 Å². The topological polar surface area (TPSA) is 55.8 Å². The molecule has 104 valence electrons. The smallest absolute Gasteiger partial charge is 0.163 e. The molecule has 19 heavy (non-hydrogen) atoms. The van der Waals surface area contributed by atoms with Crippen LogP contribution >= 0.6 is 0 Å². The minimum atomic E-state index is -0.657. The summed E-state index contributed by atoms with van der Waals surface area (Å²) in [5.41, 5.74) is 1.72. The molecule has 0 heterocycles. The number of hydrogen-bond donors (Lipinski definition) is 1. The van der Waals surface area contributed by atoms with Gasteiger partial charge in [0.2, 0.25) is 0 Å². The van der Waals surface area contributed by atoms with Gasteiger partial charge in [0.15, 0.2) is 5.78 Å². The fourth-order valence-corrected chi connectivity index (χ4v) is 2.13. The van der Waals surface area contributed by atoms with Crippen molar-refractivity contribution in [2.45, 2.75) is 38.9 Å². The molecule has 1 atom stereocenters. The SMILES string of the molecule is CC(C)OCC(O)COc1cccc2c1CCC2=O. The summed E-state index contributed by atoms with van der Waals surface area (Å²) in [5.74, 6) is 0.871. The van der Waals surface area contributed by atoms with Crippen molar-refractivity contribution < 1.29 is 19.4 Å². The van der Waals surface area contributed by atoms with Crippen LogP contribution in [0.3, 0.4) is 0 Å². The second-order valence-electron chi connectivity index (χ2n) is 5.05. The number of aliphatic hydroxyl groups is 1. The number of carbonyl (C=O) groups excluding carboxylic acids is 1. The number of ketones is 1. The highest BCUT2D eigenvalue weighted by Gasteiger charge is 2.22. The van der Waals surface area contributed by atoms with E-state index in [1.807, 2.05) is 32.0 Å². The minimum absolute atomic E-state index is 0.0910. The van der Waals surface area contributed by atoms with E-state index in [9.17, 15) is 9.90 Å². The lowest BCUT2D eigenvalue weighted by Crippen LogP contribution is -2.25. The molecule has 1 N–H and O–H groups in total. The zero-order valence-electron chi connectivity index (χ0n) is 11.4. The van der Waals surface area contributed by atoms with Crippen LogP contribution in [0.4, 0.5) is 0 Å². The number of benzene rings is 1. The highest BCUT2D eigenvalue weighted by atomic mass is 16.5. The van der Waals surface area contributed by atoms with Gasteiger partial charge in [-0.05, 0) is 26.3 Å². The first-order valence-electron chi connectivity index (χ1n) is 6.65. The summed E-state index contributed by atoms with van der Waals surface area (Å²) in [4.78, 5) is 11.6. The highest BCUT2D eigenvalue weighted by molar-refractivity contribution is 6.01. The van der Waals surface area contributed by atoms with Crippen LogP contribution in [0.15, 0.2) is 18.2 Å². The third-order valence-corrected chi connectivity index (χ3v) is 3.09. The molecule has 4 heteroatoms. The Hall–Kier alpha value is -1.39. The van der Waals surface area contributed by atoms with E-state index in [1.54, 1.807) is 0 Å². The van der Waals surface area contributed by atoms with Crippen molar-refractivity contribution in [3.05, 3.63) is 29.3 Å². The van der Waals surface area contributed by atoms with Crippen LogP contribution in [0.25, 0.3) is 0 Å². The van der Waals surface area contributed by atoms with Gasteiger partial charge in [-0.15, -0.1) is 0 Å². The van der Waals surface area contributed by atoms with E-state index >= 15 is 0 Å². The molecular weight excluding hydrogens is 244 g/mol. The van der Waals surface area contributed by atoms with Crippen LogP contribution in [-0.4, -0.2) is 36.3 Å². The van der Waals surface area contributed by atoms with Gasteiger partial charge in [0, 0.05) is 17.5 Å². The molecule has 0 amide bonds. The Labute approximate surface area is 113 Å². The number of ether oxygens (including phenoxy) is 2. The van der Waals surface area contributed by atoms with Crippen LogP contribution in [0.1, 0.15) is 36.2 Å². The number of Topliss-reactive ketones (excluding diaryl/α,β-unsaturated/α-hetero) is 1. The Bertz CT molecular complexity index is 453. The van der Waals surface area contributed by atoms with E-state index in [2.05, 4.69) is 0 Å². The Kier molecular flexibility index (Phi) is 4.56. The molecule has 1 aromatic rings. The first-order chi connectivity index (χ1) is 9.08. The van der Waals surface area contributed by atoms with E-state index < -0.39 is 6.10 Å². The molecule has 0 radical (unpaired) electrons. The molecule has 2 rings (SSSR count). The third-order valence-electron chi connectivity index (χ3n) is 3.09. The average molecular weight is 264 g/mol. The molecule has 4 nitrogen and oxygen atoms in total. The van der Waals surface area contributed by atoms with Crippen LogP contribution < -0.4 is 4.74 Å². The molecular formula is C15H20O4. The summed E-state index contributed by atoms with van der Waals surface area (Å²) >= 11 is 0. The van der Waals surface area contributed by atoms with Crippen molar-refractivity contribution in [3.8, 4) is 5.75 Å². The normalized spacial score (nSPS) is 15.7. The Morgan fingerprint density at radius 1 is 1.26 bits per heavy atom. The Balaban J connectivity index is 1.92. The van der Waals surface area contributed by atoms with E-state index in [1.165, 1.54) is 0 Å². The maximum Gasteiger partial charge on any atom is 0.163 e. The summed E-state index contributed by atoms with van der Waals surface area (Å²) in [5, 5.41) is 9.74. The number of hydrogen-bond acceptors (Lipinski definition) is 4. The van der Waals surface area contributed by atoms with E-state index in [0.717, 1.165) is 17.5 Å². The summed E-state index contributed by atoms with van der Waals surface area (Å²) < 4.78 is 10.9. The monoisotopic (exact) mass is 264 g/mol. The molecule has 1 aromatic carbocycles. The molecule has 1 unspecified atom stereocenters. The van der Waals surface area contributed by atoms with Gasteiger partial charge in [-0.3, -0.25) is 4.79 Å². The summed E-state index contributed by atoms with van der Waals surface area (Å²) in [7, 11) is 0. The third kappa shape index (κ3) is 3.55. The van der Waals surface area contributed by atoms with Gasteiger partial charge in [-0.25, -0.2) is 0 Å². The number of aliphatic hydroxyl groups excluding tert-OH is 1. The Morgan fingerprint density at radius 2 is 2.05 bits per heavy atom. The van der Waals surface area contributed by atoms with Crippen LogP contribution in [0, 0.1) is 0 Å². The van der Waals surface area contributed by atoms with Crippen molar-refractivity contribution in [1.29, 1.82) is 0 Å². The second kappa shape index (κ2) is 6.17. The molecule has 0 spiro atoms. The molecule has 0 fully saturated rings. The molecule has 0 saturated carbocycles. The van der Waals surface area contributed by atoms with Crippen molar-refractivity contribution in [2.75, 3.05) is 13.2 Å². The highest BCUT2D eigenvalue weighted by Crippen LogP contribution is 2.30. The first-order valence-corrected chi connectivity index (χ1v) is 6.65. The molecule has 0 saturated heterocycles. The lowest BCUT2D eigenvalue weighted by molar-refractivity contribution is -0.0124. The minimum Gasteiger partial charge on any atom is -0.490 e. The number of rotatable bonds is 6. The average Bonchev–Trinajstić information content (AvgIpc) is 2.76. The van der Waals surface area contributed by atoms with E-state index in [4.69, 9.17) is 9.47 Å². The van der Waals surface area contributed by atoms with Gasteiger partial charge < -0.3 is 14.6 Å². The van der Waals surface area contributed by atoms with Crippen molar-refractivity contribution in [1.82, 2.24) is 0 Å². The predicted octanol–water partition coefficient (Wildman–Crippen LogP) is 1.98. The molecule has 1 aliphatic carbocycles. The lowest BCUT2D eigenvalue weighted by Gasteiger charge is -2.16. The maximum absolute atomic E-state index is 11.6. The maximum atomic E-state index is 11.6. The van der Waals surface area contributed by atoms with Crippen LogP contribution in [-0.2, 0) is 11.2 Å². The molecule has 1 aliphatic rings. The second-order valence-corrected chi connectivity index (χ2v) is 5.05. The first kappa shape index (κ1) is 14.0. The number of fused-ring (bicyclic) bond motifs is 1. The van der Waals surface area contributed by atoms with Crippen molar-refractivity contribution in [3.63, 3.8) is 0 Å². The quantitative estimate of drug-likeness (QED) is 0.853. The zero-order valence-corrected chi connectivity index (χ0v) is 11.4. The summed E-state index contributed by atoms with van der Waals surface area (Å²) in [6.45, 7) is 4.27. The van der Waals surface area contributed by atoms with Gasteiger partial charge in [-0.2, -0.15) is 0 Å². The van der Waals surface area contributed by atoms with Gasteiger partial charge in [0.1, 0.15) is 18.5 Å². The summed E-state index contributed by atoms with van der Waals surface area (Å²) in [6.07, 6.45) is 0.709. The van der Waals surface area contributed by atoms with Gasteiger partial charge in [-0.1, -0.05) is 12.1 Å². The Morgan fingerprint density at radius 3 is 2.79 bits per heavy atom. The molecule has 0 aliphatic heterocycles. The van der Waals surface area contributed by atoms with E-state index in [0.29, 0.717) is 12.2 Å². The fourth-order valence-electron chi connectivity index (χ4n) is 2.13.